The second-order valence-corrected chi connectivity index (χ2v) is 7.01. The number of nitrogens with zero attached hydrogens (tertiary/aromatic N) is 1. The van der Waals surface area contributed by atoms with Gasteiger partial charge in [-0.2, -0.15) is 0 Å². The Labute approximate surface area is 155 Å². The fraction of sp³-hybridized carbons (Fsp3) is 0.222. The van der Waals surface area contributed by atoms with Crippen molar-refractivity contribution in [2.45, 2.75) is 11.8 Å². The number of hydrogen-bond acceptors (Lipinski definition) is 4. The Morgan fingerprint density at radius 3 is 2.88 bits per heavy atom. The number of thioether (sulfide) groups is 1. The topological polar surface area (TPSA) is 58.6 Å². The fourth-order valence-electron chi connectivity index (χ4n) is 2.59. The maximum Gasteiger partial charge on any atom is 0.244 e. The van der Waals surface area contributed by atoms with E-state index in [1.807, 2.05) is 31.2 Å². The number of fused-ring (bicyclic) bond motifs is 1. The van der Waals surface area contributed by atoms with Crippen molar-refractivity contribution in [1.82, 2.24) is 0 Å². The molecule has 130 valence electrons. The second-order valence-electron chi connectivity index (χ2n) is 5.59. The highest BCUT2D eigenvalue weighted by Crippen LogP contribution is 2.35. The van der Waals surface area contributed by atoms with Crippen molar-refractivity contribution in [3.05, 3.63) is 47.0 Å². The summed E-state index contributed by atoms with van der Waals surface area (Å²) in [4.78, 5) is 27.3. The summed E-state index contributed by atoms with van der Waals surface area (Å²) in [5.41, 5.74) is 2.12. The van der Waals surface area contributed by atoms with Crippen LogP contribution in [0, 0.1) is 6.92 Å². The van der Waals surface area contributed by atoms with Crippen molar-refractivity contribution in [3.8, 4) is 5.75 Å². The van der Waals surface area contributed by atoms with E-state index in [1.54, 1.807) is 12.1 Å². The molecule has 2 amide bonds. The quantitative estimate of drug-likeness (QED) is 0.883. The molecule has 0 unspecified atom stereocenters. The largest absolute Gasteiger partial charge is 0.495 e. The number of methoxy groups -OCH3 is 1. The first-order chi connectivity index (χ1) is 12.0. The summed E-state index contributed by atoms with van der Waals surface area (Å²) in [5.74, 6) is 0.422. The molecule has 0 radical (unpaired) electrons. The first kappa shape index (κ1) is 17.6. The molecule has 0 saturated heterocycles. The zero-order valence-corrected chi connectivity index (χ0v) is 15.4. The minimum absolute atomic E-state index is 0.0543. The standard InChI is InChI=1S/C18H17ClN2O3S/c1-11-7-13(15(24-2)8-12(11)19)20-17(22)9-21-14-5-3-4-6-16(14)25-10-18(21)23/h3-8H,9-10H2,1-2H3,(H,20,22). The smallest absolute Gasteiger partial charge is 0.244 e. The van der Waals surface area contributed by atoms with E-state index in [0.29, 0.717) is 22.2 Å². The van der Waals surface area contributed by atoms with Gasteiger partial charge >= 0.3 is 0 Å². The van der Waals surface area contributed by atoms with Gasteiger partial charge in [-0.05, 0) is 30.7 Å². The number of amides is 2. The summed E-state index contributed by atoms with van der Waals surface area (Å²) in [6, 6.07) is 11.0. The van der Waals surface area contributed by atoms with Crippen LogP contribution in [0.1, 0.15) is 5.56 Å². The van der Waals surface area contributed by atoms with Crippen LogP contribution in [0.25, 0.3) is 0 Å². The van der Waals surface area contributed by atoms with Gasteiger partial charge < -0.3 is 15.0 Å². The molecule has 1 heterocycles. The van der Waals surface area contributed by atoms with Crippen LogP contribution in [-0.2, 0) is 9.59 Å². The van der Waals surface area contributed by atoms with Gasteiger partial charge in [0.05, 0.1) is 24.2 Å². The van der Waals surface area contributed by atoms with Gasteiger partial charge in [0, 0.05) is 16.0 Å². The lowest BCUT2D eigenvalue weighted by atomic mass is 10.2. The maximum atomic E-state index is 12.5. The molecule has 25 heavy (non-hydrogen) atoms. The van der Waals surface area contributed by atoms with Crippen molar-refractivity contribution in [3.63, 3.8) is 0 Å². The Kier molecular flexibility index (Phi) is 5.20. The lowest BCUT2D eigenvalue weighted by Crippen LogP contribution is -2.41. The first-order valence-electron chi connectivity index (χ1n) is 7.66. The minimum Gasteiger partial charge on any atom is -0.495 e. The number of carbonyl (C=O) groups excluding carboxylic acids is 2. The highest BCUT2D eigenvalue weighted by Gasteiger charge is 2.26. The van der Waals surface area contributed by atoms with Crippen molar-refractivity contribution >= 4 is 46.6 Å². The summed E-state index contributed by atoms with van der Waals surface area (Å²) in [5, 5.41) is 3.37. The molecule has 2 aromatic rings. The predicted octanol–water partition coefficient (Wildman–Crippen LogP) is 3.73. The van der Waals surface area contributed by atoms with Crippen molar-refractivity contribution < 1.29 is 14.3 Å². The van der Waals surface area contributed by atoms with Gasteiger partial charge in [-0.25, -0.2) is 0 Å². The van der Waals surface area contributed by atoms with Crippen LogP contribution >= 0.6 is 23.4 Å². The molecule has 7 heteroatoms. The number of aryl methyl sites for hydroxylation is 1. The summed E-state index contributed by atoms with van der Waals surface area (Å²) in [7, 11) is 1.51. The molecule has 3 rings (SSSR count). The summed E-state index contributed by atoms with van der Waals surface area (Å²) in [6.07, 6.45) is 0. The molecular formula is C18H17ClN2O3S. The van der Waals surface area contributed by atoms with Crippen LogP contribution in [0.2, 0.25) is 5.02 Å². The van der Waals surface area contributed by atoms with Crippen molar-refractivity contribution in [2.24, 2.45) is 0 Å². The molecule has 2 aromatic carbocycles. The Morgan fingerprint density at radius 2 is 2.12 bits per heavy atom. The molecule has 5 nitrogen and oxygen atoms in total. The van der Waals surface area contributed by atoms with Gasteiger partial charge in [0.25, 0.3) is 0 Å². The Morgan fingerprint density at radius 1 is 1.36 bits per heavy atom. The van der Waals surface area contributed by atoms with Crippen LogP contribution in [0.15, 0.2) is 41.3 Å². The van der Waals surface area contributed by atoms with Gasteiger partial charge in [-0.3, -0.25) is 9.59 Å². The van der Waals surface area contributed by atoms with E-state index in [-0.39, 0.29) is 18.4 Å². The van der Waals surface area contributed by atoms with Gasteiger partial charge in [-0.15, -0.1) is 11.8 Å². The molecule has 0 aliphatic carbocycles. The third kappa shape index (κ3) is 3.75. The summed E-state index contributed by atoms with van der Waals surface area (Å²) >= 11 is 7.57. The monoisotopic (exact) mass is 376 g/mol. The minimum atomic E-state index is -0.296. The molecule has 0 bridgehead atoms. The molecule has 1 aliphatic rings. The van der Waals surface area contributed by atoms with E-state index in [1.165, 1.54) is 23.8 Å². The maximum absolute atomic E-state index is 12.5. The van der Waals surface area contributed by atoms with E-state index < -0.39 is 0 Å². The second kappa shape index (κ2) is 7.37. The van der Waals surface area contributed by atoms with E-state index >= 15 is 0 Å². The Balaban J connectivity index is 1.80. The molecule has 0 aromatic heterocycles. The van der Waals surface area contributed by atoms with Crippen LogP contribution in [-0.4, -0.2) is 31.2 Å². The molecule has 0 spiro atoms. The lowest BCUT2D eigenvalue weighted by molar-refractivity contribution is -0.120. The van der Waals surface area contributed by atoms with Gasteiger partial charge in [0.2, 0.25) is 11.8 Å². The number of rotatable bonds is 4. The highest BCUT2D eigenvalue weighted by atomic mass is 35.5. The summed E-state index contributed by atoms with van der Waals surface area (Å²) in [6.45, 7) is 1.79. The normalized spacial score (nSPS) is 13.4. The van der Waals surface area contributed by atoms with Crippen molar-refractivity contribution in [2.75, 3.05) is 29.6 Å². The van der Waals surface area contributed by atoms with Crippen LogP contribution in [0.4, 0.5) is 11.4 Å². The molecular weight excluding hydrogens is 360 g/mol. The Bertz CT molecular complexity index is 841. The van der Waals surface area contributed by atoms with Crippen molar-refractivity contribution in [1.29, 1.82) is 0 Å². The number of hydrogen-bond donors (Lipinski definition) is 1. The van der Waals surface area contributed by atoms with E-state index in [2.05, 4.69) is 5.32 Å². The zero-order valence-electron chi connectivity index (χ0n) is 13.8. The van der Waals surface area contributed by atoms with Gasteiger partial charge in [0.1, 0.15) is 12.3 Å². The number of benzene rings is 2. The molecule has 0 fully saturated rings. The average molecular weight is 377 g/mol. The first-order valence-corrected chi connectivity index (χ1v) is 9.02. The van der Waals surface area contributed by atoms with Gasteiger partial charge in [0.15, 0.2) is 0 Å². The highest BCUT2D eigenvalue weighted by molar-refractivity contribution is 8.00. The van der Waals surface area contributed by atoms with E-state index in [0.717, 1.165) is 16.1 Å². The Hall–Kier alpha value is -2.18. The van der Waals surface area contributed by atoms with Crippen LogP contribution < -0.4 is 15.0 Å². The number of para-hydroxylation sites is 1. The number of ether oxygens (including phenoxy) is 1. The lowest BCUT2D eigenvalue weighted by Gasteiger charge is -2.28. The predicted molar refractivity (Wildman–Crippen MR) is 101 cm³/mol. The average Bonchev–Trinajstić information content (AvgIpc) is 2.60. The van der Waals surface area contributed by atoms with E-state index in [4.69, 9.17) is 16.3 Å². The third-order valence-electron chi connectivity index (χ3n) is 3.86. The molecule has 1 N–H and O–H groups in total. The SMILES string of the molecule is COc1cc(Cl)c(C)cc1NC(=O)CN1C(=O)CSc2ccccc21. The fourth-order valence-corrected chi connectivity index (χ4v) is 3.68. The number of nitrogens with one attached hydrogen (secondary N) is 1. The number of carbonyl (C=O) groups is 2. The summed E-state index contributed by atoms with van der Waals surface area (Å²) < 4.78 is 5.27. The van der Waals surface area contributed by atoms with Crippen LogP contribution in [0.3, 0.4) is 0 Å². The van der Waals surface area contributed by atoms with E-state index in [9.17, 15) is 9.59 Å². The molecule has 0 atom stereocenters. The molecule has 0 saturated carbocycles. The van der Waals surface area contributed by atoms with Gasteiger partial charge in [-0.1, -0.05) is 23.7 Å². The molecule has 1 aliphatic heterocycles. The number of halogens is 1. The zero-order chi connectivity index (χ0) is 18.0. The third-order valence-corrected chi connectivity index (χ3v) is 5.32. The van der Waals surface area contributed by atoms with Crippen LogP contribution in [0.5, 0.6) is 5.75 Å². The number of anilines is 2.